The molecule has 1 heterocycles. The lowest BCUT2D eigenvalue weighted by atomic mass is 9.92. The predicted octanol–water partition coefficient (Wildman–Crippen LogP) is 3.27. The van der Waals surface area contributed by atoms with Crippen LogP contribution in [0.3, 0.4) is 0 Å². The van der Waals surface area contributed by atoms with E-state index in [0.717, 1.165) is 9.48 Å². The fourth-order valence-corrected chi connectivity index (χ4v) is 3.15. The zero-order valence-corrected chi connectivity index (χ0v) is 16.6. The highest BCUT2D eigenvalue weighted by Gasteiger charge is 2.49. The fourth-order valence-electron chi connectivity index (χ4n) is 2.78. The van der Waals surface area contributed by atoms with Crippen LogP contribution in [0.5, 0.6) is 11.5 Å². The molecule has 3 amide bonds. The molecule has 1 saturated heterocycles. The molecule has 1 fully saturated rings. The first-order chi connectivity index (χ1) is 12.9. The van der Waals surface area contributed by atoms with Crippen LogP contribution in [0.25, 0.3) is 0 Å². The molecule has 0 aliphatic carbocycles. The van der Waals surface area contributed by atoms with E-state index in [9.17, 15) is 9.59 Å². The Morgan fingerprint density at radius 1 is 1.11 bits per heavy atom. The van der Waals surface area contributed by atoms with E-state index in [1.165, 1.54) is 13.3 Å². The summed E-state index contributed by atoms with van der Waals surface area (Å²) in [5.74, 6) is 0.769. The monoisotopic (exact) mass is 431 g/mol. The zero-order valence-electron chi connectivity index (χ0n) is 15.0. The summed E-state index contributed by atoms with van der Waals surface area (Å²) in [5, 5.41) is 7.61. The van der Waals surface area contributed by atoms with Gasteiger partial charge in [0.15, 0.2) is 0 Å². The fraction of sp³-hybridized carbons (Fsp3) is 0.211. The smallest absolute Gasteiger partial charge is 0.346 e. The number of urea groups is 1. The Hall–Kier alpha value is -2.87. The lowest BCUT2D eigenvalue weighted by Crippen LogP contribution is -2.40. The van der Waals surface area contributed by atoms with E-state index in [2.05, 4.69) is 26.3 Å². The largest absolute Gasteiger partial charge is 0.497 e. The minimum absolute atomic E-state index is 0.470. The van der Waals surface area contributed by atoms with Gasteiger partial charge in [-0.25, -0.2) is 4.79 Å². The molecule has 1 N–H and O–H groups in total. The molecule has 7 nitrogen and oxygen atoms in total. The number of methoxy groups -OCH3 is 2. The molecule has 0 bridgehead atoms. The normalized spacial score (nSPS) is 19.5. The van der Waals surface area contributed by atoms with Crippen molar-refractivity contribution in [2.24, 2.45) is 5.10 Å². The Labute approximate surface area is 165 Å². The highest BCUT2D eigenvalue weighted by Crippen LogP contribution is 2.30. The van der Waals surface area contributed by atoms with E-state index in [1.807, 2.05) is 6.07 Å². The maximum Gasteiger partial charge on any atom is 0.346 e. The van der Waals surface area contributed by atoms with Gasteiger partial charge in [0.1, 0.15) is 17.0 Å². The van der Waals surface area contributed by atoms with E-state index < -0.39 is 17.5 Å². The average molecular weight is 432 g/mol. The van der Waals surface area contributed by atoms with Crippen molar-refractivity contribution in [1.29, 1.82) is 0 Å². The average Bonchev–Trinajstić information content (AvgIpc) is 2.89. The van der Waals surface area contributed by atoms with Crippen molar-refractivity contribution in [2.45, 2.75) is 12.5 Å². The van der Waals surface area contributed by atoms with Crippen LogP contribution in [-0.2, 0) is 10.3 Å². The second-order valence-electron chi connectivity index (χ2n) is 6.03. The Kier molecular flexibility index (Phi) is 5.18. The summed E-state index contributed by atoms with van der Waals surface area (Å²) < 4.78 is 11.2. The minimum atomic E-state index is -1.21. The summed E-state index contributed by atoms with van der Waals surface area (Å²) >= 11 is 3.38. The van der Waals surface area contributed by atoms with Crippen molar-refractivity contribution >= 4 is 34.1 Å². The van der Waals surface area contributed by atoms with E-state index >= 15 is 0 Å². The SMILES string of the molecule is COc1ccc(C2(C)NC(=O)N(/N=C/c3cc(Br)ccc3OC)C2=O)cc1. The molecule has 1 unspecified atom stereocenters. The van der Waals surface area contributed by atoms with Crippen LogP contribution in [0.2, 0.25) is 0 Å². The number of carbonyl (C=O) groups is 2. The third kappa shape index (κ3) is 3.52. The number of hydrogen-bond acceptors (Lipinski definition) is 5. The van der Waals surface area contributed by atoms with Crippen molar-refractivity contribution in [2.75, 3.05) is 14.2 Å². The van der Waals surface area contributed by atoms with E-state index in [1.54, 1.807) is 50.4 Å². The van der Waals surface area contributed by atoms with Gasteiger partial charge in [-0.1, -0.05) is 28.1 Å². The molecule has 1 atom stereocenters. The van der Waals surface area contributed by atoms with E-state index in [-0.39, 0.29) is 0 Å². The number of nitrogens with zero attached hydrogens (tertiary/aromatic N) is 2. The third-order valence-corrected chi connectivity index (χ3v) is 4.83. The van der Waals surface area contributed by atoms with Crippen LogP contribution in [0, 0.1) is 0 Å². The van der Waals surface area contributed by atoms with Gasteiger partial charge in [0.05, 0.1) is 20.4 Å². The Bertz CT molecular complexity index is 914. The number of halogens is 1. The molecule has 2 aromatic carbocycles. The lowest BCUT2D eigenvalue weighted by molar-refractivity contribution is -0.131. The van der Waals surface area contributed by atoms with Gasteiger partial charge in [0.25, 0.3) is 5.91 Å². The third-order valence-electron chi connectivity index (χ3n) is 4.34. The molecule has 0 radical (unpaired) electrons. The molecule has 0 saturated carbocycles. The molecule has 8 heteroatoms. The number of hydrogen-bond donors (Lipinski definition) is 1. The molecule has 27 heavy (non-hydrogen) atoms. The van der Waals surface area contributed by atoms with Gasteiger partial charge in [-0.15, -0.1) is 5.01 Å². The highest BCUT2D eigenvalue weighted by atomic mass is 79.9. The molecule has 1 aliphatic heterocycles. The topological polar surface area (TPSA) is 80.2 Å². The Morgan fingerprint density at radius 2 is 1.81 bits per heavy atom. The molecule has 0 spiro atoms. The second kappa shape index (κ2) is 7.40. The summed E-state index contributed by atoms with van der Waals surface area (Å²) in [4.78, 5) is 25.2. The number of hydrazone groups is 1. The molecule has 3 rings (SSSR count). The number of ether oxygens (including phenoxy) is 2. The quantitative estimate of drug-likeness (QED) is 0.581. The second-order valence-corrected chi connectivity index (χ2v) is 6.95. The summed E-state index contributed by atoms with van der Waals surface area (Å²) in [6.07, 6.45) is 1.42. The van der Waals surface area contributed by atoms with Gasteiger partial charge in [-0.05, 0) is 42.8 Å². The van der Waals surface area contributed by atoms with Crippen molar-refractivity contribution in [1.82, 2.24) is 10.3 Å². The number of rotatable bonds is 5. The van der Waals surface area contributed by atoms with Gasteiger partial charge in [-0.2, -0.15) is 5.10 Å². The van der Waals surface area contributed by atoms with Gasteiger partial charge >= 0.3 is 6.03 Å². The predicted molar refractivity (Wildman–Crippen MR) is 104 cm³/mol. The Balaban J connectivity index is 1.89. The first kappa shape index (κ1) is 18.9. The van der Waals surface area contributed by atoms with Crippen molar-refractivity contribution in [3.8, 4) is 11.5 Å². The number of nitrogens with one attached hydrogen (secondary N) is 1. The number of imide groups is 1. The highest BCUT2D eigenvalue weighted by molar-refractivity contribution is 9.10. The molecule has 0 aromatic heterocycles. The van der Waals surface area contributed by atoms with Gasteiger partial charge in [0, 0.05) is 10.0 Å². The van der Waals surface area contributed by atoms with Crippen LogP contribution in [0.15, 0.2) is 52.0 Å². The van der Waals surface area contributed by atoms with Crippen LogP contribution in [-0.4, -0.2) is 37.4 Å². The van der Waals surface area contributed by atoms with Crippen LogP contribution < -0.4 is 14.8 Å². The first-order valence-corrected chi connectivity index (χ1v) is 8.87. The standard InChI is InChI=1S/C19H18BrN3O4/c1-19(13-4-7-15(26-2)8-5-13)17(24)23(18(25)22-19)21-11-12-10-14(20)6-9-16(12)27-3/h4-11H,1-3H3,(H,22,25)/b21-11+. The number of amides is 3. The summed E-state index contributed by atoms with van der Waals surface area (Å²) in [7, 11) is 3.10. The van der Waals surface area contributed by atoms with Crippen LogP contribution in [0.4, 0.5) is 4.79 Å². The maximum atomic E-state index is 12.9. The minimum Gasteiger partial charge on any atom is -0.497 e. The maximum absolute atomic E-state index is 12.9. The van der Waals surface area contributed by atoms with Crippen molar-refractivity contribution in [3.05, 3.63) is 58.1 Å². The molecular formula is C19H18BrN3O4. The van der Waals surface area contributed by atoms with E-state index in [0.29, 0.717) is 22.6 Å². The van der Waals surface area contributed by atoms with Gasteiger partial charge < -0.3 is 14.8 Å². The molecule has 1 aliphatic rings. The molecule has 140 valence electrons. The Morgan fingerprint density at radius 3 is 2.44 bits per heavy atom. The lowest BCUT2D eigenvalue weighted by Gasteiger charge is -2.21. The molecular weight excluding hydrogens is 414 g/mol. The summed E-state index contributed by atoms with van der Waals surface area (Å²) in [5.41, 5.74) is 0.0621. The molecule has 2 aromatic rings. The zero-order chi connectivity index (χ0) is 19.6. The van der Waals surface area contributed by atoms with Crippen molar-refractivity contribution < 1.29 is 19.1 Å². The van der Waals surface area contributed by atoms with Gasteiger partial charge in [0.2, 0.25) is 0 Å². The van der Waals surface area contributed by atoms with E-state index in [4.69, 9.17) is 9.47 Å². The first-order valence-electron chi connectivity index (χ1n) is 8.08. The summed E-state index contributed by atoms with van der Waals surface area (Å²) in [6.45, 7) is 1.64. The summed E-state index contributed by atoms with van der Waals surface area (Å²) in [6, 6.07) is 11.7. The number of benzene rings is 2. The van der Waals surface area contributed by atoms with Gasteiger partial charge in [-0.3, -0.25) is 4.79 Å². The van der Waals surface area contributed by atoms with Crippen LogP contribution >= 0.6 is 15.9 Å². The van der Waals surface area contributed by atoms with Crippen molar-refractivity contribution in [3.63, 3.8) is 0 Å². The van der Waals surface area contributed by atoms with Crippen LogP contribution in [0.1, 0.15) is 18.1 Å². The number of carbonyl (C=O) groups excluding carboxylic acids is 2.